The number of pyridine rings is 1. The van der Waals surface area contributed by atoms with Crippen molar-refractivity contribution < 1.29 is 4.79 Å². The van der Waals surface area contributed by atoms with Crippen molar-refractivity contribution in [1.82, 2.24) is 10.3 Å². The Balaban J connectivity index is 2.29. The first kappa shape index (κ1) is 14.9. The van der Waals surface area contributed by atoms with E-state index >= 15 is 0 Å². The van der Waals surface area contributed by atoms with Gasteiger partial charge in [0.05, 0.1) is 6.04 Å². The summed E-state index contributed by atoms with van der Waals surface area (Å²) in [5, 5.41) is 3.20. The third-order valence-electron chi connectivity index (χ3n) is 2.56. The zero-order chi connectivity index (χ0) is 13.4. The van der Waals surface area contributed by atoms with Gasteiger partial charge in [-0.25, -0.2) is 4.98 Å². The van der Waals surface area contributed by atoms with Crippen molar-refractivity contribution in [2.45, 2.75) is 31.8 Å². The first-order valence-corrected chi connectivity index (χ1v) is 6.35. The van der Waals surface area contributed by atoms with Crippen LogP contribution >= 0.6 is 11.6 Å². The lowest BCUT2D eigenvalue weighted by Crippen LogP contribution is -2.40. The second kappa shape index (κ2) is 8.02. The molecule has 1 rings (SSSR count). The lowest BCUT2D eigenvalue weighted by molar-refractivity contribution is -0.122. The fraction of sp³-hybridized carbons (Fsp3) is 0.500. The Bertz CT molecular complexity index is 369. The third-order valence-corrected chi connectivity index (χ3v) is 2.78. The molecule has 18 heavy (non-hydrogen) atoms. The number of nitrogens with zero attached hydrogens (tertiary/aromatic N) is 1. The van der Waals surface area contributed by atoms with Crippen molar-refractivity contribution in [3.05, 3.63) is 29.0 Å². The molecule has 0 fully saturated rings. The van der Waals surface area contributed by atoms with Crippen LogP contribution in [0.3, 0.4) is 0 Å². The Morgan fingerprint density at radius 1 is 1.44 bits per heavy atom. The van der Waals surface area contributed by atoms with Crippen LogP contribution in [0.15, 0.2) is 18.3 Å². The van der Waals surface area contributed by atoms with Gasteiger partial charge in [0, 0.05) is 12.7 Å². The van der Waals surface area contributed by atoms with Gasteiger partial charge in [-0.3, -0.25) is 4.79 Å². The number of halogens is 1. The van der Waals surface area contributed by atoms with Gasteiger partial charge in [0.25, 0.3) is 0 Å². The summed E-state index contributed by atoms with van der Waals surface area (Å²) in [4.78, 5) is 15.6. The monoisotopic (exact) mass is 270 g/mol. The highest BCUT2D eigenvalue weighted by Gasteiger charge is 2.12. The molecule has 6 heteroatoms. The summed E-state index contributed by atoms with van der Waals surface area (Å²) in [6.07, 6.45) is 4.04. The number of unbranched alkanes of at least 4 members (excludes halogenated alkanes) is 1. The highest BCUT2D eigenvalue weighted by molar-refractivity contribution is 6.29. The summed E-state index contributed by atoms with van der Waals surface area (Å²) in [6, 6.07) is 3.02. The van der Waals surface area contributed by atoms with Crippen LogP contribution in [-0.2, 0) is 11.3 Å². The second-order valence-corrected chi connectivity index (χ2v) is 4.49. The van der Waals surface area contributed by atoms with Gasteiger partial charge in [-0.05, 0) is 31.0 Å². The average molecular weight is 271 g/mol. The first-order chi connectivity index (χ1) is 8.63. The summed E-state index contributed by atoms with van der Waals surface area (Å²) < 4.78 is 0. The van der Waals surface area contributed by atoms with Gasteiger partial charge in [0.1, 0.15) is 5.15 Å². The van der Waals surface area contributed by atoms with Gasteiger partial charge in [-0.1, -0.05) is 24.1 Å². The van der Waals surface area contributed by atoms with E-state index in [0.29, 0.717) is 24.7 Å². The van der Waals surface area contributed by atoms with E-state index in [4.69, 9.17) is 23.1 Å². The molecular weight excluding hydrogens is 252 g/mol. The zero-order valence-corrected chi connectivity index (χ0v) is 11.0. The molecule has 0 aromatic carbocycles. The molecular formula is C12H19ClN4O. The zero-order valence-electron chi connectivity index (χ0n) is 10.2. The van der Waals surface area contributed by atoms with Gasteiger partial charge < -0.3 is 16.8 Å². The molecule has 0 spiro atoms. The van der Waals surface area contributed by atoms with Crippen molar-refractivity contribution in [3.8, 4) is 0 Å². The number of carbonyl (C=O) groups is 1. The van der Waals surface area contributed by atoms with Crippen LogP contribution in [0, 0.1) is 0 Å². The third kappa shape index (κ3) is 5.44. The molecule has 5 nitrogen and oxygen atoms in total. The number of hydrogen-bond donors (Lipinski definition) is 3. The van der Waals surface area contributed by atoms with Crippen molar-refractivity contribution in [2.24, 2.45) is 11.5 Å². The summed E-state index contributed by atoms with van der Waals surface area (Å²) in [5.74, 6) is -0.151. The van der Waals surface area contributed by atoms with Gasteiger partial charge >= 0.3 is 0 Å². The van der Waals surface area contributed by atoms with E-state index in [2.05, 4.69) is 10.3 Å². The molecule has 1 amide bonds. The Kier molecular flexibility index (Phi) is 6.64. The normalized spacial score (nSPS) is 12.2. The van der Waals surface area contributed by atoms with E-state index in [1.807, 2.05) is 6.07 Å². The van der Waals surface area contributed by atoms with Crippen LogP contribution in [0.5, 0.6) is 0 Å². The maximum atomic E-state index is 11.7. The quantitative estimate of drug-likeness (QED) is 0.505. The molecule has 1 aromatic rings. The Labute approximate surface area is 112 Å². The van der Waals surface area contributed by atoms with Gasteiger partial charge in [0.2, 0.25) is 5.91 Å². The van der Waals surface area contributed by atoms with E-state index in [9.17, 15) is 4.79 Å². The summed E-state index contributed by atoms with van der Waals surface area (Å²) in [5.41, 5.74) is 12.0. The van der Waals surface area contributed by atoms with E-state index < -0.39 is 6.04 Å². The minimum atomic E-state index is -0.475. The fourth-order valence-electron chi connectivity index (χ4n) is 1.47. The van der Waals surface area contributed by atoms with Crippen molar-refractivity contribution in [2.75, 3.05) is 6.54 Å². The topological polar surface area (TPSA) is 94.0 Å². The molecule has 100 valence electrons. The van der Waals surface area contributed by atoms with Crippen LogP contribution in [0.2, 0.25) is 5.15 Å². The first-order valence-electron chi connectivity index (χ1n) is 5.97. The van der Waals surface area contributed by atoms with Crippen LogP contribution < -0.4 is 16.8 Å². The maximum Gasteiger partial charge on any atom is 0.237 e. The summed E-state index contributed by atoms with van der Waals surface area (Å²) in [6.45, 7) is 1.04. The number of hydrogen-bond acceptors (Lipinski definition) is 4. The Morgan fingerprint density at radius 2 is 2.22 bits per heavy atom. The van der Waals surface area contributed by atoms with Gasteiger partial charge in [-0.2, -0.15) is 0 Å². The lowest BCUT2D eigenvalue weighted by Gasteiger charge is -2.11. The minimum Gasteiger partial charge on any atom is -0.351 e. The molecule has 0 aliphatic heterocycles. The number of amides is 1. The Hall–Kier alpha value is -1.17. The van der Waals surface area contributed by atoms with Crippen molar-refractivity contribution in [3.63, 3.8) is 0 Å². The predicted molar refractivity (Wildman–Crippen MR) is 72.0 cm³/mol. The smallest absolute Gasteiger partial charge is 0.237 e. The standard InChI is InChI=1S/C12H19ClN4O/c13-11-5-4-9(7-16-11)8-17-12(18)10(15)3-1-2-6-14/h4-5,7,10H,1-3,6,8,14-15H2,(H,17,18). The van der Waals surface area contributed by atoms with E-state index in [-0.39, 0.29) is 5.91 Å². The fourth-order valence-corrected chi connectivity index (χ4v) is 1.58. The van der Waals surface area contributed by atoms with Crippen LogP contribution in [0.25, 0.3) is 0 Å². The second-order valence-electron chi connectivity index (χ2n) is 4.10. The molecule has 0 aliphatic carbocycles. The molecule has 0 radical (unpaired) electrons. The van der Waals surface area contributed by atoms with E-state index in [1.165, 1.54) is 0 Å². The molecule has 1 atom stereocenters. The predicted octanol–water partition coefficient (Wildman–Crippen LogP) is 0.808. The largest absolute Gasteiger partial charge is 0.351 e. The van der Waals surface area contributed by atoms with Crippen LogP contribution in [0.4, 0.5) is 0 Å². The number of nitrogens with two attached hydrogens (primary N) is 2. The summed E-state index contributed by atoms with van der Waals surface area (Å²) in [7, 11) is 0. The SMILES string of the molecule is NCCCCC(N)C(=O)NCc1ccc(Cl)nc1. The molecule has 5 N–H and O–H groups in total. The summed E-state index contributed by atoms with van der Waals surface area (Å²) >= 11 is 5.67. The van der Waals surface area contributed by atoms with Crippen LogP contribution in [-0.4, -0.2) is 23.5 Å². The maximum absolute atomic E-state index is 11.7. The van der Waals surface area contributed by atoms with E-state index in [0.717, 1.165) is 18.4 Å². The molecule has 1 unspecified atom stereocenters. The minimum absolute atomic E-state index is 0.151. The highest BCUT2D eigenvalue weighted by Crippen LogP contribution is 2.05. The number of aromatic nitrogens is 1. The molecule has 1 heterocycles. The van der Waals surface area contributed by atoms with Gasteiger partial charge in [0.15, 0.2) is 0 Å². The molecule has 0 saturated carbocycles. The molecule has 0 aliphatic rings. The van der Waals surface area contributed by atoms with E-state index in [1.54, 1.807) is 12.3 Å². The highest BCUT2D eigenvalue weighted by atomic mass is 35.5. The number of nitrogens with one attached hydrogen (secondary N) is 1. The van der Waals surface area contributed by atoms with Crippen molar-refractivity contribution >= 4 is 17.5 Å². The molecule has 0 bridgehead atoms. The molecule has 1 aromatic heterocycles. The lowest BCUT2D eigenvalue weighted by atomic mass is 10.1. The molecule has 0 saturated heterocycles. The van der Waals surface area contributed by atoms with Gasteiger partial charge in [-0.15, -0.1) is 0 Å². The average Bonchev–Trinajstić information content (AvgIpc) is 2.38. The van der Waals surface area contributed by atoms with Crippen molar-refractivity contribution in [1.29, 1.82) is 0 Å². The Morgan fingerprint density at radius 3 is 2.83 bits per heavy atom. The van der Waals surface area contributed by atoms with Crippen LogP contribution in [0.1, 0.15) is 24.8 Å². The number of rotatable bonds is 7. The number of carbonyl (C=O) groups excluding carboxylic acids is 1.